The number of amides is 1. The molecule has 0 aliphatic heterocycles. The molecule has 0 aliphatic carbocycles. The highest BCUT2D eigenvalue weighted by molar-refractivity contribution is 5.82. The highest BCUT2D eigenvalue weighted by Crippen LogP contribution is 2.22. The van der Waals surface area contributed by atoms with Gasteiger partial charge in [0.25, 0.3) is 0 Å². The van der Waals surface area contributed by atoms with E-state index in [1.165, 1.54) is 5.56 Å². The zero-order valence-corrected chi connectivity index (χ0v) is 14.9. The summed E-state index contributed by atoms with van der Waals surface area (Å²) >= 11 is 0. The lowest BCUT2D eigenvalue weighted by atomic mass is 9.99. The highest BCUT2D eigenvalue weighted by Gasteiger charge is 2.22. The van der Waals surface area contributed by atoms with Crippen molar-refractivity contribution in [3.8, 4) is 0 Å². The molecule has 0 aliphatic rings. The summed E-state index contributed by atoms with van der Waals surface area (Å²) in [4.78, 5) is 14.6. The van der Waals surface area contributed by atoms with Crippen LogP contribution in [0.25, 0.3) is 10.9 Å². The Hall–Kier alpha value is -2.66. The number of likely N-dealkylation sites (N-methyl/N-ethyl adjacent to an activating group) is 1. The zero-order chi connectivity index (χ0) is 17.8. The van der Waals surface area contributed by atoms with E-state index in [4.69, 9.17) is 0 Å². The topological polar surface area (TPSA) is 61.0 Å². The third-order valence-corrected chi connectivity index (χ3v) is 4.43. The molecule has 5 heteroatoms. The zero-order valence-electron chi connectivity index (χ0n) is 14.9. The molecule has 2 atom stereocenters. The standard InChI is InChI=1S/C20H24N4O/c1-14(20(24(2)3)16-7-5-4-6-8-16)22-19(25)12-15-9-10-17-13-21-23-18(17)11-15/h4-11,13-14,20H,12H2,1-3H3,(H,21,23)(H,22,25)/t14-,20-/m0/s1. The van der Waals surface area contributed by atoms with Gasteiger partial charge in [0.05, 0.1) is 24.2 Å². The van der Waals surface area contributed by atoms with Crippen LogP contribution in [0.3, 0.4) is 0 Å². The molecule has 0 bridgehead atoms. The Morgan fingerprint density at radius 2 is 1.96 bits per heavy atom. The van der Waals surface area contributed by atoms with Gasteiger partial charge < -0.3 is 10.2 Å². The minimum atomic E-state index is 0.000727. The lowest BCUT2D eigenvalue weighted by Gasteiger charge is -2.31. The van der Waals surface area contributed by atoms with E-state index in [0.717, 1.165) is 16.5 Å². The quantitative estimate of drug-likeness (QED) is 0.727. The van der Waals surface area contributed by atoms with Crippen LogP contribution in [-0.4, -0.2) is 41.1 Å². The van der Waals surface area contributed by atoms with Crippen molar-refractivity contribution in [2.75, 3.05) is 14.1 Å². The van der Waals surface area contributed by atoms with E-state index in [9.17, 15) is 4.79 Å². The number of aromatic nitrogens is 2. The van der Waals surface area contributed by atoms with E-state index in [1.54, 1.807) is 6.20 Å². The van der Waals surface area contributed by atoms with Gasteiger partial charge in [-0.05, 0) is 38.2 Å². The number of benzene rings is 2. The van der Waals surface area contributed by atoms with Crippen molar-refractivity contribution in [2.24, 2.45) is 0 Å². The van der Waals surface area contributed by atoms with Gasteiger partial charge in [-0.2, -0.15) is 5.10 Å². The largest absolute Gasteiger partial charge is 0.351 e. The molecule has 130 valence electrons. The average molecular weight is 336 g/mol. The molecule has 1 amide bonds. The third-order valence-electron chi connectivity index (χ3n) is 4.43. The molecule has 0 spiro atoms. The Bertz CT molecular complexity index is 841. The van der Waals surface area contributed by atoms with Crippen LogP contribution in [0.5, 0.6) is 0 Å². The second kappa shape index (κ2) is 7.49. The first-order valence-corrected chi connectivity index (χ1v) is 8.47. The van der Waals surface area contributed by atoms with E-state index < -0.39 is 0 Å². The van der Waals surface area contributed by atoms with Gasteiger partial charge in [0.1, 0.15) is 0 Å². The van der Waals surface area contributed by atoms with Gasteiger partial charge in [-0.1, -0.05) is 42.5 Å². The highest BCUT2D eigenvalue weighted by atomic mass is 16.1. The molecule has 0 unspecified atom stereocenters. The number of hydrogen-bond donors (Lipinski definition) is 2. The molecule has 3 rings (SSSR count). The summed E-state index contributed by atoms with van der Waals surface area (Å²) in [6.07, 6.45) is 2.14. The van der Waals surface area contributed by atoms with Crippen LogP contribution < -0.4 is 5.32 Å². The number of hydrogen-bond acceptors (Lipinski definition) is 3. The van der Waals surface area contributed by atoms with Crippen LogP contribution in [0.4, 0.5) is 0 Å². The van der Waals surface area contributed by atoms with Crippen molar-refractivity contribution in [1.82, 2.24) is 20.4 Å². The van der Waals surface area contributed by atoms with E-state index in [2.05, 4.69) is 32.5 Å². The fourth-order valence-corrected chi connectivity index (χ4v) is 3.35. The maximum Gasteiger partial charge on any atom is 0.224 e. The minimum Gasteiger partial charge on any atom is -0.351 e. The number of rotatable bonds is 6. The first-order chi connectivity index (χ1) is 12.0. The lowest BCUT2D eigenvalue weighted by Crippen LogP contribution is -2.42. The van der Waals surface area contributed by atoms with Crippen molar-refractivity contribution in [3.05, 3.63) is 65.9 Å². The van der Waals surface area contributed by atoms with Crippen LogP contribution in [0, 0.1) is 0 Å². The molecule has 2 N–H and O–H groups in total. The number of nitrogens with one attached hydrogen (secondary N) is 2. The molecule has 5 nitrogen and oxygen atoms in total. The Kier molecular flexibility index (Phi) is 5.14. The summed E-state index contributed by atoms with van der Waals surface area (Å²) < 4.78 is 0. The number of carbonyl (C=O) groups excluding carboxylic acids is 1. The van der Waals surface area contributed by atoms with Gasteiger partial charge in [-0.25, -0.2) is 0 Å². The first-order valence-electron chi connectivity index (χ1n) is 8.47. The Balaban J connectivity index is 1.68. The molecule has 25 heavy (non-hydrogen) atoms. The fourth-order valence-electron chi connectivity index (χ4n) is 3.35. The fraction of sp³-hybridized carbons (Fsp3) is 0.300. The van der Waals surface area contributed by atoms with Crippen molar-refractivity contribution in [1.29, 1.82) is 0 Å². The van der Waals surface area contributed by atoms with E-state index in [-0.39, 0.29) is 18.0 Å². The summed E-state index contributed by atoms with van der Waals surface area (Å²) in [5.74, 6) is 0.0224. The van der Waals surface area contributed by atoms with Crippen LogP contribution in [-0.2, 0) is 11.2 Å². The van der Waals surface area contributed by atoms with Gasteiger partial charge >= 0.3 is 0 Å². The second-order valence-corrected chi connectivity index (χ2v) is 6.64. The monoisotopic (exact) mass is 336 g/mol. The van der Waals surface area contributed by atoms with Crippen LogP contribution >= 0.6 is 0 Å². The van der Waals surface area contributed by atoms with Crippen molar-refractivity contribution < 1.29 is 4.79 Å². The third kappa shape index (κ3) is 4.06. The van der Waals surface area contributed by atoms with Gasteiger partial charge in [0, 0.05) is 11.4 Å². The van der Waals surface area contributed by atoms with Gasteiger partial charge in [0.2, 0.25) is 5.91 Å². The Morgan fingerprint density at radius 1 is 1.20 bits per heavy atom. The molecule has 0 saturated heterocycles. The summed E-state index contributed by atoms with van der Waals surface area (Å²) in [7, 11) is 4.07. The number of fused-ring (bicyclic) bond motifs is 1. The molecule has 3 aromatic rings. The number of carbonyl (C=O) groups is 1. The SMILES string of the molecule is C[C@H](NC(=O)Cc1ccc2cn[nH]c2c1)[C@@H](c1ccccc1)N(C)C. The molecular weight excluding hydrogens is 312 g/mol. The summed E-state index contributed by atoms with van der Waals surface area (Å²) in [6.45, 7) is 2.05. The smallest absolute Gasteiger partial charge is 0.224 e. The van der Waals surface area contributed by atoms with Crippen LogP contribution in [0.15, 0.2) is 54.7 Å². The Labute approximate surface area is 148 Å². The molecule has 1 heterocycles. The Morgan fingerprint density at radius 3 is 2.68 bits per heavy atom. The maximum absolute atomic E-state index is 12.5. The summed E-state index contributed by atoms with van der Waals surface area (Å²) in [5.41, 5.74) is 3.12. The number of H-pyrrole nitrogens is 1. The summed E-state index contributed by atoms with van der Waals surface area (Å²) in [6, 6.07) is 16.3. The molecule has 0 saturated carbocycles. The van der Waals surface area contributed by atoms with E-state index in [1.807, 2.05) is 57.4 Å². The van der Waals surface area contributed by atoms with Crippen molar-refractivity contribution in [3.63, 3.8) is 0 Å². The number of nitrogens with zero attached hydrogens (tertiary/aromatic N) is 2. The van der Waals surface area contributed by atoms with E-state index >= 15 is 0 Å². The average Bonchev–Trinajstić information content (AvgIpc) is 3.03. The number of aromatic amines is 1. The predicted molar refractivity (Wildman–Crippen MR) is 100 cm³/mol. The van der Waals surface area contributed by atoms with E-state index in [0.29, 0.717) is 6.42 Å². The lowest BCUT2D eigenvalue weighted by molar-refractivity contribution is -0.121. The summed E-state index contributed by atoms with van der Waals surface area (Å²) in [5, 5.41) is 11.1. The van der Waals surface area contributed by atoms with Crippen molar-refractivity contribution >= 4 is 16.8 Å². The van der Waals surface area contributed by atoms with Gasteiger partial charge in [0.15, 0.2) is 0 Å². The minimum absolute atomic E-state index is 0.000727. The first kappa shape index (κ1) is 17.2. The maximum atomic E-state index is 12.5. The van der Waals surface area contributed by atoms with Crippen LogP contribution in [0.1, 0.15) is 24.1 Å². The van der Waals surface area contributed by atoms with Crippen molar-refractivity contribution in [2.45, 2.75) is 25.4 Å². The van der Waals surface area contributed by atoms with Gasteiger partial charge in [-0.15, -0.1) is 0 Å². The van der Waals surface area contributed by atoms with Gasteiger partial charge in [-0.3, -0.25) is 9.89 Å². The molecule has 1 aromatic heterocycles. The normalized spacial score (nSPS) is 13.8. The predicted octanol–water partition coefficient (Wildman–Crippen LogP) is 2.91. The second-order valence-electron chi connectivity index (χ2n) is 6.64. The van der Waals surface area contributed by atoms with Crippen LogP contribution in [0.2, 0.25) is 0 Å². The molecule has 0 fully saturated rings. The molecule has 0 radical (unpaired) electrons. The molecule has 2 aromatic carbocycles. The molecular formula is C20H24N4O.